The summed E-state index contributed by atoms with van der Waals surface area (Å²) in [5.41, 5.74) is 9.74. The monoisotopic (exact) mass is 808 g/mol. The Morgan fingerprint density at radius 1 is 0.213 bits per heavy atom. The third kappa shape index (κ3) is 13.9. The Morgan fingerprint density at radius 3 is 0.475 bits per heavy atom. The molecule has 61 heavy (non-hydrogen) atoms. The van der Waals surface area contributed by atoms with Gasteiger partial charge in [-0.2, -0.15) is 0 Å². The molecule has 8 aromatic rings. The van der Waals surface area contributed by atoms with E-state index in [1.54, 1.807) is 48.5 Å². The number of benzene rings is 8. The van der Waals surface area contributed by atoms with Crippen LogP contribution in [0.5, 0.6) is 0 Å². The first-order chi connectivity index (χ1) is 29.1. The maximum Gasteiger partial charge on any atom is 0.335 e. The summed E-state index contributed by atoms with van der Waals surface area (Å²) < 4.78 is 0. The SMILES string of the molecule is C.O=C(O)c1ccc(-c2ccccc2)cc1.O=C(O)c1ccc(-c2ccccc2)cc1.O=C(O)c1ccc(-c2ccccc2)cc1.O=C(O)c1ccc(-c2ccccc2)cc1. The van der Waals surface area contributed by atoms with Gasteiger partial charge >= 0.3 is 23.9 Å². The van der Waals surface area contributed by atoms with Crippen LogP contribution >= 0.6 is 0 Å². The number of hydrogen-bond donors (Lipinski definition) is 4. The van der Waals surface area contributed by atoms with Crippen LogP contribution in [0.3, 0.4) is 0 Å². The molecule has 0 aliphatic heterocycles. The van der Waals surface area contributed by atoms with Crippen molar-refractivity contribution < 1.29 is 39.6 Å². The molecule has 0 saturated carbocycles. The number of hydrogen-bond acceptors (Lipinski definition) is 4. The van der Waals surface area contributed by atoms with Gasteiger partial charge in [-0.15, -0.1) is 0 Å². The predicted octanol–water partition coefficient (Wildman–Crippen LogP) is 12.8. The van der Waals surface area contributed by atoms with Crippen molar-refractivity contribution in [3.05, 3.63) is 241 Å². The fraction of sp³-hybridized carbons (Fsp3) is 0.0189. The van der Waals surface area contributed by atoms with Crippen LogP contribution in [0.1, 0.15) is 48.9 Å². The number of carboxylic acids is 4. The van der Waals surface area contributed by atoms with Gasteiger partial charge in [-0.1, -0.05) is 177 Å². The smallest absolute Gasteiger partial charge is 0.335 e. The van der Waals surface area contributed by atoms with Crippen molar-refractivity contribution in [3.8, 4) is 44.5 Å². The van der Waals surface area contributed by atoms with Crippen molar-refractivity contribution >= 4 is 23.9 Å². The van der Waals surface area contributed by atoms with Gasteiger partial charge in [0, 0.05) is 0 Å². The Labute approximate surface area is 355 Å². The zero-order valence-electron chi connectivity index (χ0n) is 32.2. The molecule has 8 heteroatoms. The van der Waals surface area contributed by atoms with Crippen LogP contribution in [0, 0.1) is 0 Å². The normalized spacial score (nSPS) is 9.70. The number of carboxylic acid groups (broad SMARTS) is 4. The van der Waals surface area contributed by atoms with Crippen molar-refractivity contribution in [1.29, 1.82) is 0 Å². The van der Waals surface area contributed by atoms with Crippen LogP contribution in [0.15, 0.2) is 218 Å². The fourth-order valence-electron chi connectivity index (χ4n) is 5.74. The van der Waals surface area contributed by atoms with Gasteiger partial charge in [0.15, 0.2) is 0 Å². The largest absolute Gasteiger partial charge is 0.478 e. The Morgan fingerprint density at radius 2 is 0.344 bits per heavy atom. The molecule has 304 valence electrons. The van der Waals surface area contributed by atoms with E-state index < -0.39 is 23.9 Å². The zero-order chi connectivity index (χ0) is 42.7. The number of carbonyl (C=O) groups is 4. The van der Waals surface area contributed by atoms with Crippen LogP contribution in [0.2, 0.25) is 0 Å². The summed E-state index contributed by atoms with van der Waals surface area (Å²) in [6.07, 6.45) is 0. The highest BCUT2D eigenvalue weighted by Gasteiger charge is 2.05. The van der Waals surface area contributed by atoms with Crippen LogP contribution in [0.4, 0.5) is 0 Å². The molecule has 0 amide bonds. The zero-order valence-corrected chi connectivity index (χ0v) is 32.2. The number of rotatable bonds is 8. The minimum Gasteiger partial charge on any atom is -0.478 e. The van der Waals surface area contributed by atoms with Crippen molar-refractivity contribution in [2.45, 2.75) is 7.43 Å². The van der Waals surface area contributed by atoms with Crippen molar-refractivity contribution in [3.63, 3.8) is 0 Å². The molecule has 0 atom stereocenters. The van der Waals surface area contributed by atoms with Crippen LogP contribution < -0.4 is 0 Å². The average Bonchev–Trinajstić information content (AvgIpc) is 3.31. The Bertz CT molecular complexity index is 2200. The molecule has 0 heterocycles. The first-order valence-electron chi connectivity index (χ1n) is 18.6. The summed E-state index contributed by atoms with van der Waals surface area (Å²) in [4.78, 5) is 42.6. The maximum absolute atomic E-state index is 10.6. The Hall–Kier alpha value is -8.36. The molecule has 0 unspecified atom stereocenters. The van der Waals surface area contributed by atoms with E-state index in [2.05, 4.69) is 0 Å². The van der Waals surface area contributed by atoms with Gasteiger partial charge in [0.2, 0.25) is 0 Å². The molecule has 4 N–H and O–H groups in total. The molecule has 0 radical (unpaired) electrons. The summed E-state index contributed by atoms with van der Waals surface area (Å²) in [5, 5.41) is 35.0. The van der Waals surface area contributed by atoms with Crippen molar-refractivity contribution in [2.75, 3.05) is 0 Å². The molecule has 0 fully saturated rings. The lowest BCUT2D eigenvalue weighted by Gasteiger charge is -2.01. The molecule has 0 saturated heterocycles. The summed E-state index contributed by atoms with van der Waals surface area (Å²) in [5.74, 6) is -3.58. The van der Waals surface area contributed by atoms with E-state index in [0.29, 0.717) is 22.3 Å². The molecule has 8 nitrogen and oxygen atoms in total. The first kappa shape index (κ1) is 45.3. The van der Waals surface area contributed by atoms with Crippen LogP contribution in [0.25, 0.3) is 44.5 Å². The third-order valence-corrected chi connectivity index (χ3v) is 8.96. The molecule has 0 aliphatic rings. The molecule has 0 spiro atoms. The van der Waals surface area contributed by atoms with Gasteiger partial charge in [0.25, 0.3) is 0 Å². The van der Waals surface area contributed by atoms with E-state index in [1.165, 1.54) is 0 Å². The predicted molar refractivity (Wildman–Crippen MR) is 242 cm³/mol. The van der Waals surface area contributed by atoms with Gasteiger partial charge in [-0.25, -0.2) is 19.2 Å². The highest BCUT2D eigenvalue weighted by atomic mass is 16.4. The molecule has 8 aromatic carbocycles. The second-order valence-electron chi connectivity index (χ2n) is 13.0. The van der Waals surface area contributed by atoms with Gasteiger partial charge < -0.3 is 20.4 Å². The van der Waals surface area contributed by atoms with Crippen LogP contribution in [-0.4, -0.2) is 44.3 Å². The molecule has 0 aliphatic carbocycles. The lowest BCUT2D eigenvalue weighted by atomic mass is 10.0. The summed E-state index contributed by atoms with van der Waals surface area (Å²) in [7, 11) is 0. The van der Waals surface area contributed by atoms with E-state index in [0.717, 1.165) is 44.5 Å². The van der Waals surface area contributed by atoms with Crippen LogP contribution in [-0.2, 0) is 0 Å². The summed E-state index contributed by atoms with van der Waals surface area (Å²) in [6, 6.07) is 66.9. The maximum atomic E-state index is 10.6. The fourth-order valence-corrected chi connectivity index (χ4v) is 5.74. The van der Waals surface area contributed by atoms with E-state index in [4.69, 9.17) is 20.4 Å². The quantitative estimate of drug-likeness (QED) is 0.118. The van der Waals surface area contributed by atoms with Crippen molar-refractivity contribution in [1.82, 2.24) is 0 Å². The lowest BCUT2D eigenvalue weighted by Crippen LogP contribution is -1.94. The third-order valence-electron chi connectivity index (χ3n) is 8.96. The topological polar surface area (TPSA) is 149 Å². The van der Waals surface area contributed by atoms with E-state index in [1.807, 2.05) is 170 Å². The highest BCUT2D eigenvalue weighted by molar-refractivity contribution is 5.90. The average molecular weight is 809 g/mol. The minimum atomic E-state index is -0.894. The second-order valence-corrected chi connectivity index (χ2v) is 13.0. The Kier molecular flexibility index (Phi) is 17.2. The highest BCUT2D eigenvalue weighted by Crippen LogP contribution is 2.22. The lowest BCUT2D eigenvalue weighted by molar-refractivity contribution is 0.0686. The van der Waals surface area contributed by atoms with E-state index in [9.17, 15) is 19.2 Å². The van der Waals surface area contributed by atoms with Gasteiger partial charge in [-0.3, -0.25) is 0 Å². The van der Waals surface area contributed by atoms with Gasteiger partial charge in [0.05, 0.1) is 22.3 Å². The molecule has 8 rings (SSSR count). The first-order valence-corrected chi connectivity index (χ1v) is 18.6. The van der Waals surface area contributed by atoms with Crippen molar-refractivity contribution in [2.24, 2.45) is 0 Å². The standard InChI is InChI=1S/4C13H10O2.CH4/c4*14-13(15)12-8-6-11(7-9-12)10-4-2-1-3-5-10;/h4*1-9H,(H,14,15);1H4. The summed E-state index contributed by atoms with van der Waals surface area (Å²) in [6.45, 7) is 0. The number of aromatic carboxylic acids is 4. The minimum absolute atomic E-state index is 0. The molecule has 0 bridgehead atoms. The van der Waals surface area contributed by atoms with Gasteiger partial charge in [0.1, 0.15) is 0 Å². The van der Waals surface area contributed by atoms with E-state index in [-0.39, 0.29) is 7.43 Å². The Balaban J connectivity index is 0.000000178. The van der Waals surface area contributed by atoms with Gasteiger partial charge in [-0.05, 0) is 93.0 Å². The molecular formula is C53H44O8. The second kappa shape index (κ2) is 23.1. The molecule has 0 aromatic heterocycles. The molecular weight excluding hydrogens is 765 g/mol. The summed E-state index contributed by atoms with van der Waals surface area (Å²) >= 11 is 0. The van der Waals surface area contributed by atoms with E-state index >= 15 is 0 Å².